The number of nitrogens with zero attached hydrogens (tertiary/aromatic N) is 2. The number of piperidine rings is 1. The second kappa shape index (κ2) is 5.94. The van der Waals surface area contributed by atoms with Gasteiger partial charge < -0.3 is 9.47 Å². The number of carbonyl (C=O) groups excluding carboxylic acids is 1. The van der Waals surface area contributed by atoms with E-state index in [4.69, 9.17) is 5.14 Å². The average molecular weight is 300 g/mol. The highest BCUT2D eigenvalue weighted by molar-refractivity contribution is 7.87. The molecule has 0 spiro atoms. The van der Waals surface area contributed by atoms with Crippen molar-refractivity contribution in [1.82, 2.24) is 14.2 Å². The van der Waals surface area contributed by atoms with E-state index in [1.54, 1.807) is 15.5 Å². The second-order valence-electron chi connectivity index (χ2n) is 5.16. The first-order valence-electron chi connectivity index (χ1n) is 6.55. The van der Waals surface area contributed by atoms with E-state index in [0.29, 0.717) is 18.8 Å². The summed E-state index contributed by atoms with van der Waals surface area (Å²) in [6, 6.07) is 3.62. The predicted octanol–water partition coefficient (Wildman–Crippen LogP) is -0.330. The van der Waals surface area contributed by atoms with E-state index in [2.05, 4.69) is 4.72 Å². The predicted molar refractivity (Wildman–Crippen MR) is 75.2 cm³/mol. The summed E-state index contributed by atoms with van der Waals surface area (Å²) in [4.78, 5) is 14.1. The van der Waals surface area contributed by atoms with Gasteiger partial charge >= 0.3 is 0 Å². The van der Waals surface area contributed by atoms with Crippen LogP contribution in [-0.4, -0.2) is 43.4 Å². The van der Waals surface area contributed by atoms with Crippen molar-refractivity contribution < 1.29 is 13.2 Å². The summed E-state index contributed by atoms with van der Waals surface area (Å²) in [5.74, 6) is 0.0871. The highest BCUT2D eigenvalue weighted by Gasteiger charge is 2.26. The highest BCUT2D eigenvalue weighted by atomic mass is 32.2. The summed E-state index contributed by atoms with van der Waals surface area (Å²) in [6.07, 6.45) is 3.59. The lowest BCUT2D eigenvalue weighted by Gasteiger charge is -2.32. The molecule has 20 heavy (non-hydrogen) atoms. The molecule has 1 fully saturated rings. The molecule has 3 N–H and O–H groups in total. The van der Waals surface area contributed by atoms with Gasteiger partial charge in [0.25, 0.3) is 16.1 Å². The maximum absolute atomic E-state index is 12.4. The van der Waals surface area contributed by atoms with Crippen molar-refractivity contribution in [2.24, 2.45) is 18.1 Å². The number of amides is 1. The number of carbonyl (C=O) groups is 1. The van der Waals surface area contributed by atoms with Gasteiger partial charge in [-0.3, -0.25) is 4.79 Å². The van der Waals surface area contributed by atoms with Crippen molar-refractivity contribution in [1.29, 1.82) is 0 Å². The normalized spacial score (nSPS) is 20.1. The zero-order chi connectivity index (χ0) is 14.8. The molecule has 112 valence electrons. The Bertz CT molecular complexity index is 581. The Balaban J connectivity index is 1.97. The average Bonchev–Trinajstić information content (AvgIpc) is 2.81. The topological polar surface area (TPSA) is 97.4 Å². The Kier molecular flexibility index (Phi) is 4.46. The maximum atomic E-state index is 12.4. The van der Waals surface area contributed by atoms with Crippen molar-refractivity contribution in [3.8, 4) is 0 Å². The summed E-state index contributed by atoms with van der Waals surface area (Å²) in [6.45, 7) is 1.53. The number of aromatic nitrogens is 1. The zero-order valence-electron chi connectivity index (χ0n) is 11.4. The van der Waals surface area contributed by atoms with Crippen LogP contribution in [0.1, 0.15) is 23.3 Å². The van der Waals surface area contributed by atoms with Crippen LogP contribution in [0.3, 0.4) is 0 Å². The Morgan fingerprint density at radius 1 is 1.55 bits per heavy atom. The van der Waals surface area contributed by atoms with E-state index in [0.717, 1.165) is 12.8 Å². The van der Waals surface area contributed by atoms with Crippen LogP contribution in [0.15, 0.2) is 18.3 Å². The van der Waals surface area contributed by atoms with Crippen LogP contribution in [0.4, 0.5) is 0 Å². The van der Waals surface area contributed by atoms with Gasteiger partial charge in [-0.25, -0.2) is 9.86 Å². The maximum Gasteiger partial charge on any atom is 0.274 e. The first-order chi connectivity index (χ1) is 9.37. The summed E-state index contributed by atoms with van der Waals surface area (Å²) >= 11 is 0. The van der Waals surface area contributed by atoms with Crippen LogP contribution in [0.2, 0.25) is 0 Å². The number of nitrogens with two attached hydrogens (primary N) is 1. The molecule has 1 amide bonds. The minimum Gasteiger partial charge on any atom is -0.347 e. The lowest BCUT2D eigenvalue weighted by molar-refractivity contribution is 0.0666. The molecule has 1 saturated heterocycles. The Morgan fingerprint density at radius 3 is 2.90 bits per heavy atom. The zero-order valence-corrected chi connectivity index (χ0v) is 12.3. The molecule has 0 bridgehead atoms. The fraction of sp³-hybridized carbons (Fsp3) is 0.583. The minimum absolute atomic E-state index is 0.0159. The van der Waals surface area contributed by atoms with Gasteiger partial charge in [0.15, 0.2) is 0 Å². The lowest BCUT2D eigenvalue weighted by Crippen LogP contribution is -2.45. The van der Waals surface area contributed by atoms with Crippen molar-refractivity contribution >= 4 is 16.1 Å². The number of hydrogen-bond acceptors (Lipinski definition) is 3. The van der Waals surface area contributed by atoms with Gasteiger partial charge in [0.05, 0.1) is 0 Å². The molecular formula is C12H20N4O3S. The molecular weight excluding hydrogens is 280 g/mol. The molecule has 8 heteroatoms. The Labute approximate surface area is 118 Å². The molecule has 0 saturated carbocycles. The SMILES string of the molecule is Cn1cccc1C(=O)N1CCCC(CNS(N)(=O)=O)C1. The monoisotopic (exact) mass is 300 g/mol. The van der Waals surface area contributed by atoms with Gasteiger partial charge in [-0.2, -0.15) is 8.42 Å². The largest absolute Gasteiger partial charge is 0.347 e. The van der Waals surface area contributed by atoms with Crippen LogP contribution < -0.4 is 9.86 Å². The molecule has 7 nitrogen and oxygen atoms in total. The van der Waals surface area contributed by atoms with Gasteiger partial charge in [0, 0.05) is 32.9 Å². The smallest absolute Gasteiger partial charge is 0.274 e. The molecule has 1 aliphatic heterocycles. The number of hydrogen-bond donors (Lipinski definition) is 2. The molecule has 2 heterocycles. The number of aryl methyl sites for hydroxylation is 1. The van der Waals surface area contributed by atoms with Crippen molar-refractivity contribution in [3.05, 3.63) is 24.0 Å². The van der Waals surface area contributed by atoms with Crippen LogP contribution in [-0.2, 0) is 17.3 Å². The molecule has 0 radical (unpaired) electrons. The van der Waals surface area contributed by atoms with E-state index < -0.39 is 10.2 Å². The molecule has 0 aromatic carbocycles. The summed E-state index contributed by atoms with van der Waals surface area (Å²) in [5.41, 5.74) is 0.644. The van der Waals surface area contributed by atoms with E-state index >= 15 is 0 Å². The van der Waals surface area contributed by atoms with E-state index in [1.807, 2.05) is 19.3 Å². The van der Waals surface area contributed by atoms with Gasteiger partial charge in [-0.15, -0.1) is 0 Å². The number of likely N-dealkylation sites (tertiary alicyclic amines) is 1. The lowest BCUT2D eigenvalue weighted by atomic mass is 9.98. The van der Waals surface area contributed by atoms with E-state index in [-0.39, 0.29) is 18.4 Å². The van der Waals surface area contributed by atoms with Crippen molar-refractivity contribution in [2.45, 2.75) is 12.8 Å². The fourth-order valence-electron chi connectivity index (χ4n) is 2.50. The van der Waals surface area contributed by atoms with E-state index in [9.17, 15) is 13.2 Å². The first kappa shape index (κ1) is 15.0. The van der Waals surface area contributed by atoms with Crippen LogP contribution >= 0.6 is 0 Å². The third-order valence-electron chi connectivity index (χ3n) is 3.54. The molecule has 0 aliphatic carbocycles. The van der Waals surface area contributed by atoms with Crippen LogP contribution in [0.5, 0.6) is 0 Å². The number of nitrogens with one attached hydrogen (secondary N) is 1. The second-order valence-corrected chi connectivity index (χ2v) is 6.54. The highest BCUT2D eigenvalue weighted by Crippen LogP contribution is 2.18. The van der Waals surface area contributed by atoms with Crippen LogP contribution in [0, 0.1) is 5.92 Å². The molecule has 1 aliphatic rings. The van der Waals surface area contributed by atoms with Gasteiger partial charge in [-0.1, -0.05) is 0 Å². The molecule has 1 aromatic rings. The third-order valence-corrected chi connectivity index (χ3v) is 4.11. The summed E-state index contributed by atoms with van der Waals surface area (Å²) < 4.78 is 25.9. The standard InChI is InChI=1S/C12H20N4O3S/c1-15-6-3-5-11(15)12(17)16-7-2-4-10(9-16)8-14-20(13,18)19/h3,5-6,10,14H,2,4,7-9H2,1H3,(H2,13,18,19). The molecule has 1 aromatic heterocycles. The van der Waals surface area contributed by atoms with Gasteiger partial charge in [0.1, 0.15) is 5.69 Å². The Hall–Kier alpha value is -1.38. The third kappa shape index (κ3) is 3.81. The molecule has 1 atom stereocenters. The van der Waals surface area contributed by atoms with Crippen LogP contribution in [0.25, 0.3) is 0 Å². The van der Waals surface area contributed by atoms with Gasteiger partial charge in [0.2, 0.25) is 0 Å². The fourth-order valence-corrected chi connectivity index (χ4v) is 2.96. The number of rotatable bonds is 4. The summed E-state index contributed by atoms with van der Waals surface area (Å²) in [7, 11) is -1.84. The quantitative estimate of drug-likeness (QED) is 0.796. The molecule has 2 rings (SSSR count). The van der Waals surface area contributed by atoms with Gasteiger partial charge in [-0.05, 0) is 30.9 Å². The Morgan fingerprint density at radius 2 is 2.30 bits per heavy atom. The first-order valence-corrected chi connectivity index (χ1v) is 8.09. The summed E-state index contributed by atoms with van der Waals surface area (Å²) in [5, 5.41) is 4.92. The molecule has 1 unspecified atom stereocenters. The minimum atomic E-state index is -3.67. The van der Waals surface area contributed by atoms with E-state index in [1.165, 1.54) is 0 Å². The van der Waals surface area contributed by atoms with Crippen molar-refractivity contribution in [3.63, 3.8) is 0 Å². The van der Waals surface area contributed by atoms with Crippen molar-refractivity contribution in [2.75, 3.05) is 19.6 Å².